The lowest BCUT2D eigenvalue weighted by Gasteiger charge is -2.04. The third kappa shape index (κ3) is 4.12. The molecule has 0 aliphatic rings. The number of carbonyl (C=O) groups is 1. The number of nitrogens with one attached hydrogen (secondary N) is 1. The van der Waals surface area contributed by atoms with Crippen LogP contribution in [0, 0.1) is 0 Å². The maximum atomic E-state index is 11.8. The minimum absolute atomic E-state index is 0.114. The lowest BCUT2D eigenvalue weighted by atomic mass is 10.3. The molecular weight excluding hydrogens is 300 g/mol. The Morgan fingerprint density at radius 2 is 2.21 bits per heavy atom. The molecule has 0 unspecified atom stereocenters. The molecule has 1 amide bonds. The zero-order chi connectivity index (χ0) is 13.7. The van der Waals surface area contributed by atoms with E-state index in [9.17, 15) is 4.79 Å². The highest BCUT2D eigenvalue weighted by Gasteiger charge is 2.09. The Morgan fingerprint density at radius 3 is 2.89 bits per heavy atom. The summed E-state index contributed by atoms with van der Waals surface area (Å²) in [6.45, 7) is 0. The van der Waals surface area contributed by atoms with Crippen LogP contribution in [0.5, 0.6) is 0 Å². The van der Waals surface area contributed by atoms with Crippen LogP contribution in [0.2, 0.25) is 0 Å². The molecule has 1 aromatic carbocycles. The number of para-hydroxylation sites is 1. The molecule has 2 aromatic rings. The highest BCUT2D eigenvalue weighted by molar-refractivity contribution is 8.00. The van der Waals surface area contributed by atoms with Crippen LogP contribution in [0.1, 0.15) is 0 Å². The Balaban J connectivity index is 1.86. The number of carbonyl (C=O) groups excluding carboxylic acids is 1. The summed E-state index contributed by atoms with van der Waals surface area (Å²) in [5.41, 5.74) is 6.49. The molecule has 0 bridgehead atoms. The molecule has 8 heteroatoms. The van der Waals surface area contributed by atoms with Gasteiger partial charge in [-0.05, 0) is 18.4 Å². The summed E-state index contributed by atoms with van der Waals surface area (Å²) in [4.78, 5) is 12.7. The van der Waals surface area contributed by atoms with Crippen molar-refractivity contribution in [3.63, 3.8) is 0 Å². The van der Waals surface area contributed by atoms with Gasteiger partial charge in [0.1, 0.15) is 0 Å². The molecule has 19 heavy (non-hydrogen) atoms. The van der Waals surface area contributed by atoms with E-state index in [1.807, 2.05) is 30.5 Å². The first-order chi connectivity index (χ1) is 9.19. The quantitative estimate of drug-likeness (QED) is 0.502. The molecule has 0 aliphatic carbocycles. The zero-order valence-electron chi connectivity index (χ0n) is 10.1. The van der Waals surface area contributed by atoms with Crippen molar-refractivity contribution >= 4 is 51.6 Å². The predicted octanol–water partition coefficient (Wildman–Crippen LogP) is 2.57. The maximum Gasteiger partial charge on any atom is 0.236 e. The summed E-state index contributed by atoms with van der Waals surface area (Å²) in [6.07, 6.45) is 1.92. The normalized spacial score (nSPS) is 10.4. The van der Waals surface area contributed by atoms with E-state index in [1.165, 1.54) is 34.9 Å². The second-order valence-corrected chi connectivity index (χ2v) is 6.50. The smallest absolute Gasteiger partial charge is 0.236 e. The van der Waals surface area contributed by atoms with E-state index in [-0.39, 0.29) is 5.91 Å². The van der Waals surface area contributed by atoms with Crippen molar-refractivity contribution in [1.29, 1.82) is 0 Å². The van der Waals surface area contributed by atoms with Crippen molar-refractivity contribution in [3.8, 4) is 0 Å². The van der Waals surface area contributed by atoms with Crippen LogP contribution in [-0.4, -0.2) is 28.1 Å². The number of thioether (sulfide) groups is 2. The van der Waals surface area contributed by atoms with Gasteiger partial charge in [0.25, 0.3) is 0 Å². The van der Waals surface area contributed by atoms with Crippen molar-refractivity contribution < 1.29 is 4.79 Å². The van der Waals surface area contributed by atoms with Crippen molar-refractivity contribution in [3.05, 3.63) is 24.3 Å². The molecule has 3 N–H and O–H groups in total. The molecule has 0 fully saturated rings. The second kappa shape index (κ2) is 6.78. The van der Waals surface area contributed by atoms with E-state index in [2.05, 4.69) is 15.5 Å². The van der Waals surface area contributed by atoms with Gasteiger partial charge < -0.3 is 5.73 Å². The number of hydrogen-bond donors (Lipinski definition) is 2. The number of aromatic nitrogens is 2. The molecule has 1 heterocycles. The van der Waals surface area contributed by atoms with Crippen molar-refractivity contribution in [2.24, 2.45) is 0 Å². The van der Waals surface area contributed by atoms with Gasteiger partial charge in [0.05, 0.1) is 5.75 Å². The Labute approximate surface area is 123 Å². The van der Waals surface area contributed by atoms with Crippen LogP contribution in [-0.2, 0) is 4.79 Å². The molecular formula is C11H12N4OS3. The fourth-order valence-electron chi connectivity index (χ4n) is 1.25. The van der Waals surface area contributed by atoms with Gasteiger partial charge in [0.15, 0.2) is 4.34 Å². The third-order valence-corrected chi connectivity index (χ3v) is 5.01. The first kappa shape index (κ1) is 14.2. The first-order valence-corrected chi connectivity index (χ1v) is 8.36. The number of anilines is 2. The standard InChI is InChI=1S/C11H12N4OS3/c1-17-11-15-14-10(19-11)13-9(16)6-18-8-5-3-2-4-7(8)12/h2-5H,6,12H2,1H3,(H,13,14,16). The maximum absolute atomic E-state index is 11.8. The third-order valence-electron chi connectivity index (χ3n) is 2.11. The van der Waals surface area contributed by atoms with Gasteiger partial charge in [-0.25, -0.2) is 0 Å². The highest BCUT2D eigenvalue weighted by atomic mass is 32.2. The molecule has 0 atom stereocenters. The predicted molar refractivity (Wildman–Crippen MR) is 81.9 cm³/mol. The molecule has 0 spiro atoms. The molecule has 1 aromatic heterocycles. The van der Waals surface area contributed by atoms with Gasteiger partial charge in [-0.15, -0.1) is 22.0 Å². The molecule has 100 valence electrons. The molecule has 0 aliphatic heterocycles. The van der Waals surface area contributed by atoms with E-state index >= 15 is 0 Å². The highest BCUT2D eigenvalue weighted by Crippen LogP contribution is 2.26. The minimum atomic E-state index is -0.114. The summed E-state index contributed by atoms with van der Waals surface area (Å²) in [6, 6.07) is 7.47. The monoisotopic (exact) mass is 312 g/mol. The number of nitrogens with zero attached hydrogens (tertiary/aromatic N) is 2. The van der Waals surface area contributed by atoms with E-state index in [0.717, 1.165) is 9.24 Å². The van der Waals surface area contributed by atoms with Crippen LogP contribution in [0.3, 0.4) is 0 Å². The largest absolute Gasteiger partial charge is 0.398 e. The van der Waals surface area contributed by atoms with E-state index in [4.69, 9.17) is 5.73 Å². The number of hydrogen-bond acceptors (Lipinski definition) is 7. The number of nitrogen functional groups attached to an aromatic ring is 1. The number of nitrogens with two attached hydrogens (primary N) is 1. The summed E-state index contributed by atoms with van der Waals surface area (Å²) in [5.74, 6) is 0.180. The Kier molecular flexibility index (Phi) is 5.06. The van der Waals surface area contributed by atoms with Gasteiger partial charge in [-0.2, -0.15) is 0 Å². The fourth-order valence-corrected chi connectivity index (χ4v) is 3.21. The molecule has 0 radical (unpaired) electrons. The number of amides is 1. The van der Waals surface area contributed by atoms with Crippen LogP contribution in [0.25, 0.3) is 0 Å². The average Bonchev–Trinajstić information content (AvgIpc) is 2.85. The lowest BCUT2D eigenvalue weighted by molar-refractivity contribution is -0.113. The SMILES string of the molecule is CSc1nnc(NC(=O)CSc2ccccc2N)s1. The molecule has 5 nitrogen and oxygen atoms in total. The zero-order valence-corrected chi connectivity index (χ0v) is 12.6. The second-order valence-electron chi connectivity index (χ2n) is 3.45. The molecule has 0 saturated carbocycles. The molecule has 2 rings (SSSR count). The minimum Gasteiger partial charge on any atom is -0.398 e. The summed E-state index contributed by atoms with van der Waals surface area (Å²) in [7, 11) is 0. The Morgan fingerprint density at radius 1 is 1.42 bits per heavy atom. The topological polar surface area (TPSA) is 80.9 Å². The lowest BCUT2D eigenvalue weighted by Crippen LogP contribution is -2.13. The van der Waals surface area contributed by atoms with Crippen molar-refractivity contribution in [2.45, 2.75) is 9.24 Å². The average molecular weight is 312 g/mol. The Bertz CT molecular complexity index is 573. The fraction of sp³-hybridized carbons (Fsp3) is 0.182. The summed E-state index contributed by atoms with van der Waals surface area (Å²) < 4.78 is 0.829. The van der Waals surface area contributed by atoms with Gasteiger partial charge in [-0.1, -0.05) is 35.2 Å². The summed E-state index contributed by atoms with van der Waals surface area (Å²) in [5, 5.41) is 11.0. The van der Waals surface area contributed by atoms with Crippen LogP contribution in [0.4, 0.5) is 10.8 Å². The first-order valence-electron chi connectivity index (χ1n) is 5.33. The van der Waals surface area contributed by atoms with Crippen LogP contribution >= 0.6 is 34.9 Å². The van der Waals surface area contributed by atoms with Gasteiger partial charge in [0.2, 0.25) is 11.0 Å². The van der Waals surface area contributed by atoms with Crippen LogP contribution < -0.4 is 11.1 Å². The number of rotatable bonds is 5. The number of benzene rings is 1. The van der Waals surface area contributed by atoms with Gasteiger partial charge in [-0.3, -0.25) is 10.1 Å². The van der Waals surface area contributed by atoms with Crippen molar-refractivity contribution in [2.75, 3.05) is 23.1 Å². The van der Waals surface area contributed by atoms with Gasteiger partial charge >= 0.3 is 0 Å². The van der Waals surface area contributed by atoms with Crippen LogP contribution in [0.15, 0.2) is 33.5 Å². The summed E-state index contributed by atoms with van der Waals surface area (Å²) >= 11 is 4.26. The van der Waals surface area contributed by atoms with E-state index in [0.29, 0.717) is 16.6 Å². The van der Waals surface area contributed by atoms with E-state index in [1.54, 1.807) is 0 Å². The Hall–Kier alpha value is -1.25. The van der Waals surface area contributed by atoms with Gasteiger partial charge in [0, 0.05) is 10.6 Å². The molecule has 0 saturated heterocycles. The van der Waals surface area contributed by atoms with E-state index < -0.39 is 0 Å². The van der Waals surface area contributed by atoms with Crippen molar-refractivity contribution in [1.82, 2.24) is 10.2 Å².